The number of nitrogens with two attached hydrogens (primary N) is 1. The first-order chi connectivity index (χ1) is 7.49. The van der Waals surface area contributed by atoms with Crippen LogP contribution in [0.5, 0.6) is 5.75 Å². The molecule has 90 valence electrons. The van der Waals surface area contributed by atoms with Crippen LogP contribution in [0.2, 0.25) is 0 Å². The molecule has 16 heavy (non-hydrogen) atoms. The van der Waals surface area contributed by atoms with Gasteiger partial charge in [-0.05, 0) is 45.1 Å². The van der Waals surface area contributed by atoms with Crippen LogP contribution in [0, 0.1) is 13.8 Å². The molecule has 1 aromatic rings. The summed E-state index contributed by atoms with van der Waals surface area (Å²) in [5, 5.41) is 0. The molecule has 1 atom stereocenters. The predicted molar refractivity (Wildman–Crippen MR) is 67.9 cm³/mol. The number of aryl methyl sites for hydroxylation is 2. The Bertz CT molecular complexity index is 337. The second-order valence-corrected chi connectivity index (χ2v) is 4.60. The molecule has 3 heteroatoms. The highest BCUT2D eigenvalue weighted by Crippen LogP contribution is 2.18. The lowest BCUT2D eigenvalue weighted by Crippen LogP contribution is -2.38. The Hall–Kier alpha value is -1.06. The van der Waals surface area contributed by atoms with Crippen molar-refractivity contribution in [1.82, 2.24) is 4.90 Å². The van der Waals surface area contributed by atoms with Crippen LogP contribution in [0.4, 0.5) is 0 Å². The second kappa shape index (κ2) is 5.87. The van der Waals surface area contributed by atoms with Gasteiger partial charge < -0.3 is 15.4 Å². The van der Waals surface area contributed by atoms with Crippen LogP contribution in [0.15, 0.2) is 18.2 Å². The van der Waals surface area contributed by atoms with Crippen LogP contribution in [0.1, 0.15) is 11.1 Å². The van der Waals surface area contributed by atoms with Gasteiger partial charge in [0.25, 0.3) is 0 Å². The number of hydrogen-bond acceptors (Lipinski definition) is 3. The quantitative estimate of drug-likeness (QED) is 0.822. The van der Waals surface area contributed by atoms with Crippen molar-refractivity contribution >= 4 is 0 Å². The Labute approximate surface area is 98.2 Å². The van der Waals surface area contributed by atoms with Gasteiger partial charge in [-0.2, -0.15) is 0 Å². The second-order valence-electron chi connectivity index (χ2n) is 4.60. The smallest absolute Gasteiger partial charge is 0.122 e. The van der Waals surface area contributed by atoms with E-state index in [2.05, 4.69) is 30.0 Å². The molecule has 0 saturated carbocycles. The zero-order valence-electron chi connectivity index (χ0n) is 10.7. The zero-order valence-corrected chi connectivity index (χ0v) is 10.7. The molecule has 0 saturated heterocycles. The van der Waals surface area contributed by atoms with Gasteiger partial charge in [0.15, 0.2) is 0 Å². The number of benzene rings is 1. The van der Waals surface area contributed by atoms with Crippen molar-refractivity contribution in [2.75, 3.05) is 27.2 Å². The highest BCUT2D eigenvalue weighted by Gasteiger charge is 2.06. The highest BCUT2D eigenvalue weighted by atomic mass is 16.5. The summed E-state index contributed by atoms with van der Waals surface area (Å²) in [5.41, 5.74) is 8.31. The van der Waals surface area contributed by atoms with Gasteiger partial charge in [-0.3, -0.25) is 0 Å². The highest BCUT2D eigenvalue weighted by molar-refractivity contribution is 5.35. The SMILES string of the molecule is Cc1ccc(C)c(OCC(N)CN(C)C)c1. The monoisotopic (exact) mass is 222 g/mol. The predicted octanol–water partition coefficient (Wildman–Crippen LogP) is 1.57. The lowest BCUT2D eigenvalue weighted by atomic mass is 10.1. The molecule has 0 fully saturated rings. The van der Waals surface area contributed by atoms with Crippen LogP contribution in [0.25, 0.3) is 0 Å². The molecule has 1 rings (SSSR count). The summed E-state index contributed by atoms with van der Waals surface area (Å²) in [4.78, 5) is 2.07. The van der Waals surface area contributed by atoms with Crippen molar-refractivity contribution in [3.05, 3.63) is 29.3 Å². The third-order valence-electron chi connectivity index (χ3n) is 2.40. The van der Waals surface area contributed by atoms with Crippen molar-refractivity contribution in [2.24, 2.45) is 5.73 Å². The molecule has 1 aromatic carbocycles. The minimum Gasteiger partial charge on any atom is -0.492 e. The van der Waals surface area contributed by atoms with Crippen LogP contribution in [-0.4, -0.2) is 38.2 Å². The molecular weight excluding hydrogens is 200 g/mol. The van der Waals surface area contributed by atoms with Gasteiger partial charge in [0.1, 0.15) is 12.4 Å². The third kappa shape index (κ3) is 4.21. The van der Waals surface area contributed by atoms with E-state index in [1.165, 1.54) is 5.56 Å². The maximum Gasteiger partial charge on any atom is 0.122 e. The van der Waals surface area contributed by atoms with Crippen LogP contribution in [0.3, 0.4) is 0 Å². The standard InChI is InChI=1S/C13H22N2O/c1-10-5-6-11(2)13(7-10)16-9-12(14)8-15(3)4/h5-7,12H,8-9,14H2,1-4H3. The Morgan fingerprint density at radius 3 is 2.62 bits per heavy atom. The van der Waals surface area contributed by atoms with E-state index in [0.717, 1.165) is 17.9 Å². The number of ether oxygens (including phenoxy) is 1. The van der Waals surface area contributed by atoms with E-state index in [-0.39, 0.29) is 6.04 Å². The van der Waals surface area contributed by atoms with Gasteiger partial charge >= 0.3 is 0 Å². The van der Waals surface area contributed by atoms with Crippen LogP contribution >= 0.6 is 0 Å². The minimum atomic E-state index is 0.0508. The lowest BCUT2D eigenvalue weighted by Gasteiger charge is -2.18. The van der Waals surface area contributed by atoms with Gasteiger partial charge in [-0.15, -0.1) is 0 Å². The third-order valence-corrected chi connectivity index (χ3v) is 2.40. The molecule has 0 aliphatic heterocycles. The Balaban J connectivity index is 2.51. The molecule has 0 amide bonds. The largest absolute Gasteiger partial charge is 0.492 e. The Morgan fingerprint density at radius 1 is 1.31 bits per heavy atom. The van der Waals surface area contributed by atoms with Crippen LogP contribution in [-0.2, 0) is 0 Å². The average Bonchev–Trinajstić information content (AvgIpc) is 2.18. The first-order valence-electron chi connectivity index (χ1n) is 5.59. The normalized spacial score (nSPS) is 12.9. The molecule has 1 unspecified atom stereocenters. The summed E-state index contributed by atoms with van der Waals surface area (Å²) in [7, 11) is 4.02. The summed E-state index contributed by atoms with van der Waals surface area (Å²) in [6.45, 7) is 5.51. The van der Waals surface area contributed by atoms with E-state index < -0.39 is 0 Å². The Morgan fingerprint density at radius 2 is 2.00 bits per heavy atom. The lowest BCUT2D eigenvalue weighted by molar-refractivity contribution is 0.253. The average molecular weight is 222 g/mol. The fraction of sp³-hybridized carbons (Fsp3) is 0.538. The van der Waals surface area contributed by atoms with E-state index in [1.807, 2.05) is 21.0 Å². The minimum absolute atomic E-state index is 0.0508. The maximum absolute atomic E-state index is 5.94. The molecule has 0 spiro atoms. The summed E-state index contributed by atoms with van der Waals surface area (Å²) in [6, 6.07) is 6.26. The number of hydrogen-bond donors (Lipinski definition) is 1. The summed E-state index contributed by atoms with van der Waals surface area (Å²) < 4.78 is 5.73. The molecule has 2 N–H and O–H groups in total. The number of likely N-dealkylation sites (N-methyl/N-ethyl adjacent to an activating group) is 1. The molecule has 0 aromatic heterocycles. The summed E-state index contributed by atoms with van der Waals surface area (Å²) >= 11 is 0. The maximum atomic E-state index is 5.94. The van der Waals surface area contributed by atoms with Gasteiger partial charge in [0, 0.05) is 6.54 Å². The van der Waals surface area contributed by atoms with E-state index >= 15 is 0 Å². The molecule has 0 bridgehead atoms. The van der Waals surface area contributed by atoms with Crippen molar-refractivity contribution < 1.29 is 4.74 Å². The van der Waals surface area contributed by atoms with E-state index in [4.69, 9.17) is 10.5 Å². The fourth-order valence-corrected chi connectivity index (χ4v) is 1.58. The summed E-state index contributed by atoms with van der Waals surface area (Å²) in [5.74, 6) is 0.939. The molecule has 0 aliphatic carbocycles. The zero-order chi connectivity index (χ0) is 12.1. The van der Waals surface area contributed by atoms with Gasteiger partial charge in [-0.1, -0.05) is 12.1 Å². The fourth-order valence-electron chi connectivity index (χ4n) is 1.58. The first kappa shape index (κ1) is 13.0. The van der Waals surface area contributed by atoms with Crippen LogP contribution < -0.4 is 10.5 Å². The first-order valence-corrected chi connectivity index (χ1v) is 5.59. The van der Waals surface area contributed by atoms with E-state index in [1.54, 1.807) is 0 Å². The molecule has 0 aliphatic rings. The van der Waals surface area contributed by atoms with Crippen molar-refractivity contribution in [1.29, 1.82) is 0 Å². The van der Waals surface area contributed by atoms with Crippen molar-refractivity contribution in [3.8, 4) is 5.75 Å². The van der Waals surface area contributed by atoms with E-state index in [9.17, 15) is 0 Å². The van der Waals surface area contributed by atoms with E-state index in [0.29, 0.717) is 6.61 Å². The van der Waals surface area contributed by atoms with Crippen molar-refractivity contribution in [3.63, 3.8) is 0 Å². The van der Waals surface area contributed by atoms with Gasteiger partial charge in [0.05, 0.1) is 6.04 Å². The molecular formula is C13H22N2O. The van der Waals surface area contributed by atoms with Crippen molar-refractivity contribution in [2.45, 2.75) is 19.9 Å². The molecule has 0 heterocycles. The van der Waals surface area contributed by atoms with Gasteiger partial charge in [-0.25, -0.2) is 0 Å². The van der Waals surface area contributed by atoms with Gasteiger partial charge in [0.2, 0.25) is 0 Å². The Kier molecular flexibility index (Phi) is 4.77. The summed E-state index contributed by atoms with van der Waals surface area (Å²) in [6.07, 6.45) is 0. The molecule has 3 nitrogen and oxygen atoms in total. The molecule has 0 radical (unpaired) electrons. The number of nitrogens with zero attached hydrogens (tertiary/aromatic N) is 1. The number of rotatable bonds is 5. The topological polar surface area (TPSA) is 38.5 Å².